The van der Waals surface area contributed by atoms with Crippen molar-refractivity contribution in [2.75, 3.05) is 0 Å². The first kappa shape index (κ1) is 40.9. The van der Waals surface area contributed by atoms with Gasteiger partial charge in [-0.3, -0.25) is 0 Å². The third-order valence-corrected chi connectivity index (χ3v) is 13.2. The van der Waals surface area contributed by atoms with Gasteiger partial charge in [0, 0.05) is 55.4 Å². The summed E-state index contributed by atoms with van der Waals surface area (Å²) in [5, 5.41) is 0. The van der Waals surface area contributed by atoms with E-state index < -0.39 is 0 Å². The fraction of sp³-hybridized carbons (Fsp3) is 0. The molecule has 6 nitrogen and oxygen atoms in total. The van der Waals surface area contributed by atoms with E-state index in [9.17, 15) is 0 Å². The number of rotatable bonds is 0. The molecule has 0 amide bonds. The summed E-state index contributed by atoms with van der Waals surface area (Å²) < 4.78 is 27.8. The number of hydrogen-bond donors (Lipinski definition) is 0. The van der Waals surface area contributed by atoms with Crippen LogP contribution in [0.25, 0.3) is 11.0 Å². The van der Waals surface area contributed by atoms with Gasteiger partial charge in [-0.05, 0) is 143 Å². The van der Waals surface area contributed by atoms with E-state index in [-0.39, 0.29) is 13.4 Å². The number of ether oxygens (including phenoxy) is 4. The summed E-state index contributed by atoms with van der Waals surface area (Å²) in [7, 11) is 0. The smallest absolute Gasteiger partial charge is 0.263 e. The molecule has 0 saturated carbocycles. The molecule has 4 aliphatic rings. The van der Waals surface area contributed by atoms with Gasteiger partial charge in [0.15, 0.2) is 11.5 Å². The minimum Gasteiger partial charge on any atom is -0.456 e. The molecule has 0 atom stereocenters. The highest BCUT2D eigenvalue weighted by molar-refractivity contribution is 6.99. The maximum absolute atomic E-state index is 7.04. The zero-order chi connectivity index (χ0) is 47.5. The summed E-state index contributed by atoms with van der Waals surface area (Å²) in [6, 6.07) is 64.2. The molecule has 6 heterocycles. The van der Waals surface area contributed by atoms with Gasteiger partial charge in [0.05, 0.1) is 0 Å². The molecule has 2 aromatic heterocycles. The van der Waals surface area contributed by atoms with Crippen LogP contribution in [-0.4, -0.2) is 23.4 Å². The van der Waals surface area contributed by atoms with E-state index in [4.69, 9.17) is 28.9 Å². The van der Waals surface area contributed by atoms with Crippen LogP contribution in [0.2, 0.25) is 0 Å². The lowest BCUT2D eigenvalue weighted by molar-refractivity contribution is 0.443. The molecule has 0 bridgehead atoms. The first-order valence-electron chi connectivity index (χ1n) is 23.6. The normalized spacial score (nSPS) is 12.1. The van der Waals surface area contributed by atoms with Crippen LogP contribution in [0.3, 0.4) is 0 Å². The molecular weight excluding hydrogens is 882 g/mol. The minimum absolute atomic E-state index is 0.368. The number of pyridine rings is 2. The molecule has 0 N–H and O–H groups in total. The topological polar surface area (TPSA) is 62.7 Å². The van der Waals surface area contributed by atoms with Crippen LogP contribution in [0.1, 0.15) is 44.5 Å². The number of hydrogen-bond acceptors (Lipinski definition) is 6. The fourth-order valence-electron chi connectivity index (χ4n) is 9.89. The SMILES string of the molecule is C(#Cc1ccc2c(c1)B1c3cc(C#Cc4ccccc4)ccc3Oc3c1c(nc1c4c5c(nc31)Oc1ccc(C#Cc3ccccc3)cc1B5c1cc(C#Cc3ccccc3)ccc1O4)O2)c1ccccc1. The highest BCUT2D eigenvalue weighted by atomic mass is 16.5. The third-order valence-electron chi connectivity index (χ3n) is 13.2. The number of fused-ring (bicyclic) bond motifs is 11. The monoisotopic (exact) mass is 914 g/mol. The van der Waals surface area contributed by atoms with Crippen molar-refractivity contribution in [1.29, 1.82) is 0 Å². The largest absolute Gasteiger partial charge is 0.456 e. The molecule has 0 fully saturated rings. The summed E-state index contributed by atoms with van der Waals surface area (Å²) >= 11 is 0. The van der Waals surface area contributed by atoms with Crippen molar-refractivity contribution in [2.24, 2.45) is 0 Å². The molecule has 0 radical (unpaired) electrons. The Balaban J connectivity index is 0.954. The first-order valence-corrected chi connectivity index (χ1v) is 23.6. The lowest BCUT2D eigenvalue weighted by Gasteiger charge is -2.35. The second kappa shape index (κ2) is 16.8. The van der Waals surface area contributed by atoms with E-state index in [1.807, 2.05) is 170 Å². The Hall–Kier alpha value is -10.1. The van der Waals surface area contributed by atoms with Crippen LogP contribution in [0.15, 0.2) is 194 Å². The molecule has 0 spiro atoms. The molecule has 0 aliphatic carbocycles. The van der Waals surface area contributed by atoms with E-state index in [1.165, 1.54) is 0 Å². The fourth-order valence-corrected chi connectivity index (χ4v) is 9.89. The number of benzene rings is 8. The van der Waals surface area contributed by atoms with Crippen LogP contribution in [0, 0.1) is 47.4 Å². The summed E-state index contributed by atoms with van der Waals surface area (Å²) in [6.07, 6.45) is 0. The molecule has 14 rings (SSSR count). The van der Waals surface area contributed by atoms with E-state index >= 15 is 0 Å². The maximum Gasteiger partial charge on any atom is 0.263 e. The third kappa shape index (κ3) is 7.20. The zero-order valence-corrected chi connectivity index (χ0v) is 38.2. The van der Waals surface area contributed by atoms with Gasteiger partial charge in [-0.2, -0.15) is 0 Å². The Labute approximate surface area is 416 Å². The number of aromatic nitrogens is 2. The van der Waals surface area contributed by atoms with Crippen molar-refractivity contribution >= 4 is 57.2 Å². The Morgan fingerprint density at radius 2 is 0.542 bits per heavy atom. The molecule has 328 valence electrons. The van der Waals surface area contributed by atoms with Crippen molar-refractivity contribution < 1.29 is 18.9 Å². The van der Waals surface area contributed by atoms with Crippen LogP contribution in [0.5, 0.6) is 46.3 Å². The zero-order valence-electron chi connectivity index (χ0n) is 38.2. The quantitative estimate of drug-likeness (QED) is 0.112. The van der Waals surface area contributed by atoms with Gasteiger partial charge in [-0.1, -0.05) is 120 Å². The summed E-state index contributed by atoms with van der Waals surface area (Å²) in [4.78, 5) is 10.7. The summed E-state index contributed by atoms with van der Waals surface area (Å²) in [6.45, 7) is -0.736. The maximum atomic E-state index is 7.04. The highest BCUT2D eigenvalue weighted by Crippen LogP contribution is 2.44. The van der Waals surface area contributed by atoms with Crippen molar-refractivity contribution in [3.8, 4) is 93.6 Å². The van der Waals surface area contributed by atoms with Crippen molar-refractivity contribution in [3.63, 3.8) is 0 Å². The molecule has 0 saturated heterocycles. The first-order chi connectivity index (χ1) is 35.6. The van der Waals surface area contributed by atoms with Crippen LogP contribution >= 0.6 is 0 Å². The van der Waals surface area contributed by atoms with E-state index in [2.05, 4.69) is 71.6 Å². The Morgan fingerprint density at radius 3 is 0.833 bits per heavy atom. The van der Waals surface area contributed by atoms with E-state index in [1.54, 1.807) is 0 Å². The van der Waals surface area contributed by atoms with Gasteiger partial charge >= 0.3 is 0 Å². The number of nitrogens with zero attached hydrogens (tertiary/aromatic N) is 2. The van der Waals surface area contributed by atoms with Crippen LogP contribution < -0.4 is 51.7 Å². The van der Waals surface area contributed by atoms with Crippen LogP contribution in [0.4, 0.5) is 0 Å². The van der Waals surface area contributed by atoms with Gasteiger partial charge < -0.3 is 18.9 Å². The van der Waals surface area contributed by atoms with Gasteiger partial charge in [0.25, 0.3) is 13.4 Å². The second-order valence-corrected chi connectivity index (χ2v) is 17.8. The average Bonchev–Trinajstić information content (AvgIpc) is 3.44. The highest BCUT2D eigenvalue weighted by Gasteiger charge is 2.47. The molecule has 4 aliphatic heterocycles. The predicted octanol–water partition coefficient (Wildman–Crippen LogP) is 8.68. The van der Waals surface area contributed by atoms with E-state index in [0.717, 1.165) is 77.3 Å². The van der Waals surface area contributed by atoms with Crippen molar-refractivity contribution in [1.82, 2.24) is 9.97 Å². The molecule has 0 unspecified atom stereocenters. The summed E-state index contributed by atoms with van der Waals surface area (Å²) in [5.41, 5.74) is 13.3. The Morgan fingerprint density at radius 1 is 0.278 bits per heavy atom. The average molecular weight is 915 g/mol. The minimum atomic E-state index is -0.368. The molecule has 8 heteroatoms. The summed E-state index contributed by atoms with van der Waals surface area (Å²) in [5.74, 6) is 31.4. The Bertz CT molecular complexity index is 3780. The Kier molecular flexibility index (Phi) is 9.57. The molecular formula is C64H32B2N2O4. The van der Waals surface area contributed by atoms with Gasteiger partial charge in [-0.15, -0.1) is 0 Å². The van der Waals surface area contributed by atoms with Crippen molar-refractivity contribution in [3.05, 3.63) is 239 Å². The van der Waals surface area contributed by atoms with Crippen molar-refractivity contribution in [2.45, 2.75) is 0 Å². The molecule has 8 aromatic carbocycles. The van der Waals surface area contributed by atoms with Crippen LogP contribution in [-0.2, 0) is 0 Å². The lowest BCUT2D eigenvalue weighted by Crippen LogP contribution is -2.58. The van der Waals surface area contributed by atoms with Gasteiger partial charge in [0.2, 0.25) is 11.8 Å². The molecule has 72 heavy (non-hydrogen) atoms. The standard InChI is InChI=1S/C64H32B2N2O4/c1-5-13-41(14-6-1)21-25-45-29-33-53-49(37-45)65-51-39-47(27-23-43-17-9-3-10-18-43)31-35-55(51)71-63-57(65)61(69-53)59-60(67-63)62-58-64(68-59)72-56-36-32-48(28-24-44-19-11-4-12-20-44)40-52(56)66(58)50-38-46(30-34-54(50)70-62)26-22-42-15-7-2-8-16-42/h1-20,29-40H. The predicted molar refractivity (Wildman–Crippen MR) is 285 cm³/mol. The molecule has 10 aromatic rings. The second-order valence-electron chi connectivity index (χ2n) is 17.8. The van der Waals surface area contributed by atoms with Gasteiger partial charge in [0.1, 0.15) is 34.0 Å². The van der Waals surface area contributed by atoms with E-state index in [0.29, 0.717) is 57.3 Å². The lowest BCUT2D eigenvalue weighted by atomic mass is 9.34. The van der Waals surface area contributed by atoms with Gasteiger partial charge in [-0.25, -0.2) is 9.97 Å².